The van der Waals surface area contributed by atoms with Gasteiger partial charge in [0, 0.05) is 29.1 Å². The minimum atomic E-state index is 0. The number of hydrogen-bond donors (Lipinski definition) is 1. The summed E-state index contributed by atoms with van der Waals surface area (Å²) in [6.07, 6.45) is 2.94. The van der Waals surface area contributed by atoms with Gasteiger partial charge in [-0.15, -0.1) is 24.8 Å². The summed E-state index contributed by atoms with van der Waals surface area (Å²) in [7, 11) is 4.95. The lowest BCUT2D eigenvalue weighted by atomic mass is 10.0. The number of halogens is 2. The Morgan fingerprint density at radius 3 is 2.43 bits per heavy atom. The van der Waals surface area contributed by atoms with Crippen molar-refractivity contribution >= 4 is 46.6 Å². The molecule has 0 bridgehead atoms. The fourth-order valence-corrected chi connectivity index (χ4v) is 4.87. The molecule has 1 aliphatic rings. The van der Waals surface area contributed by atoms with Crippen molar-refractivity contribution < 1.29 is 14.2 Å². The largest absolute Gasteiger partial charge is 0.497 e. The summed E-state index contributed by atoms with van der Waals surface area (Å²) in [5.74, 6) is 2.11. The number of aromatic nitrogens is 3. The second kappa shape index (κ2) is 10.8. The molecular weight excluding hydrogens is 511 g/mol. The van der Waals surface area contributed by atoms with Crippen molar-refractivity contribution in [2.75, 3.05) is 27.9 Å². The quantitative estimate of drug-likeness (QED) is 0.307. The first-order valence-corrected chi connectivity index (χ1v) is 11.6. The average molecular weight is 539 g/mol. The topological polar surface area (TPSA) is 70.4 Å². The Bertz CT molecular complexity index is 1590. The molecule has 9 heteroatoms. The highest BCUT2D eigenvalue weighted by Gasteiger charge is 2.20. The van der Waals surface area contributed by atoms with Crippen molar-refractivity contribution in [2.24, 2.45) is 0 Å². The molecule has 0 fully saturated rings. The van der Waals surface area contributed by atoms with Crippen LogP contribution < -0.4 is 19.5 Å². The molecule has 2 aromatic heterocycles. The molecule has 0 radical (unpaired) electrons. The Kier molecular flexibility index (Phi) is 7.78. The van der Waals surface area contributed by atoms with Crippen molar-refractivity contribution in [3.05, 3.63) is 71.9 Å². The van der Waals surface area contributed by atoms with E-state index in [0.717, 1.165) is 64.0 Å². The second-order valence-corrected chi connectivity index (χ2v) is 8.61. The fourth-order valence-electron chi connectivity index (χ4n) is 4.87. The summed E-state index contributed by atoms with van der Waals surface area (Å²) in [5.41, 5.74) is 7.34. The molecule has 5 aromatic rings. The van der Waals surface area contributed by atoms with Crippen molar-refractivity contribution in [2.45, 2.75) is 13.0 Å². The number of pyridine rings is 1. The number of benzene rings is 3. The Hall–Kier alpha value is -3.52. The van der Waals surface area contributed by atoms with E-state index in [9.17, 15) is 0 Å². The maximum atomic E-state index is 5.57. The zero-order chi connectivity index (χ0) is 23.9. The molecule has 0 atom stereocenters. The van der Waals surface area contributed by atoms with Crippen LogP contribution in [0.3, 0.4) is 0 Å². The van der Waals surface area contributed by atoms with Gasteiger partial charge in [0.15, 0.2) is 11.5 Å². The molecule has 7 nitrogen and oxygen atoms in total. The average Bonchev–Trinajstić information content (AvgIpc) is 3.32. The standard InChI is InChI=1S/C28H26N4O3.2ClH/c1-33-21-7-8-24-22(14-21)28-23(16-30-24)27(18-5-9-25(34-2)26(13-18)35-3)31-32(28)20-6-4-17-10-11-29-15-19(17)12-20;;/h4-9,12-14,16,29H,10-11,15H2,1-3H3;2*1H. The maximum absolute atomic E-state index is 5.57. The van der Waals surface area contributed by atoms with Gasteiger partial charge in [-0.05, 0) is 72.6 Å². The Morgan fingerprint density at radius 2 is 1.65 bits per heavy atom. The summed E-state index contributed by atoms with van der Waals surface area (Å²) in [5, 5.41) is 10.5. The van der Waals surface area contributed by atoms with E-state index in [-0.39, 0.29) is 24.8 Å². The fraction of sp³-hybridized carbons (Fsp3) is 0.214. The number of ether oxygens (including phenoxy) is 3. The maximum Gasteiger partial charge on any atom is 0.161 e. The van der Waals surface area contributed by atoms with Gasteiger partial charge in [-0.3, -0.25) is 4.98 Å². The van der Waals surface area contributed by atoms with Crippen LogP contribution in [0.1, 0.15) is 11.1 Å². The number of nitrogens with zero attached hydrogens (tertiary/aromatic N) is 3. The van der Waals surface area contributed by atoms with Crippen molar-refractivity contribution in [1.29, 1.82) is 0 Å². The van der Waals surface area contributed by atoms with E-state index in [1.165, 1.54) is 11.1 Å². The van der Waals surface area contributed by atoms with Crippen molar-refractivity contribution in [1.82, 2.24) is 20.1 Å². The van der Waals surface area contributed by atoms with Crippen LogP contribution in [0.25, 0.3) is 38.8 Å². The molecule has 6 rings (SSSR count). The van der Waals surface area contributed by atoms with Crippen LogP contribution in [0.15, 0.2) is 60.8 Å². The lowest BCUT2D eigenvalue weighted by Crippen LogP contribution is -2.23. The minimum Gasteiger partial charge on any atom is -0.497 e. The van der Waals surface area contributed by atoms with Crippen LogP contribution >= 0.6 is 24.8 Å². The van der Waals surface area contributed by atoms with Gasteiger partial charge < -0.3 is 19.5 Å². The zero-order valence-corrected chi connectivity index (χ0v) is 22.4. The minimum absolute atomic E-state index is 0. The van der Waals surface area contributed by atoms with Gasteiger partial charge in [0.05, 0.1) is 38.1 Å². The first kappa shape index (κ1) is 26.5. The Balaban J connectivity index is 0.00000160. The number of fused-ring (bicyclic) bond motifs is 4. The molecule has 37 heavy (non-hydrogen) atoms. The second-order valence-electron chi connectivity index (χ2n) is 8.61. The van der Waals surface area contributed by atoms with Gasteiger partial charge in [0.1, 0.15) is 11.4 Å². The summed E-state index contributed by atoms with van der Waals surface area (Å²) in [6.45, 7) is 1.87. The summed E-state index contributed by atoms with van der Waals surface area (Å²) in [6, 6.07) is 18.4. The molecule has 0 saturated carbocycles. The highest BCUT2D eigenvalue weighted by Crippen LogP contribution is 2.38. The third kappa shape index (κ3) is 4.55. The van der Waals surface area contributed by atoms with E-state index in [1.807, 2.05) is 47.3 Å². The number of nitrogens with one attached hydrogen (secondary N) is 1. The van der Waals surface area contributed by atoms with E-state index in [4.69, 9.17) is 24.3 Å². The predicted molar refractivity (Wildman–Crippen MR) is 151 cm³/mol. The SMILES string of the molecule is COc1ccc2ncc3c(-c4ccc(OC)c(OC)c4)nn(-c4ccc5c(c4)CNCC5)c3c2c1.Cl.Cl. The van der Waals surface area contributed by atoms with Crippen LogP contribution in [0, 0.1) is 0 Å². The molecule has 1 N–H and O–H groups in total. The molecule has 1 aliphatic heterocycles. The monoisotopic (exact) mass is 538 g/mol. The highest BCUT2D eigenvalue weighted by molar-refractivity contribution is 6.09. The summed E-state index contributed by atoms with van der Waals surface area (Å²) < 4.78 is 18.6. The third-order valence-corrected chi connectivity index (χ3v) is 6.69. The smallest absolute Gasteiger partial charge is 0.161 e. The molecule has 0 aliphatic carbocycles. The van der Waals surface area contributed by atoms with Gasteiger partial charge >= 0.3 is 0 Å². The lowest BCUT2D eigenvalue weighted by Gasteiger charge is -2.18. The lowest BCUT2D eigenvalue weighted by molar-refractivity contribution is 0.355. The van der Waals surface area contributed by atoms with Crippen LogP contribution in [-0.4, -0.2) is 42.6 Å². The molecule has 0 spiro atoms. The van der Waals surface area contributed by atoms with Crippen LogP contribution in [0.4, 0.5) is 0 Å². The van der Waals surface area contributed by atoms with Gasteiger partial charge in [-0.25, -0.2) is 4.68 Å². The van der Waals surface area contributed by atoms with E-state index < -0.39 is 0 Å². The zero-order valence-electron chi connectivity index (χ0n) is 20.8. The van der Waals surface area contributed by atoms with Crippen LogP contribution in [-0.2, 0) is 13.0 Å². The van der Waals surface area contributed by atoms with Crippen LogP contribution in [0.2, 0.25) is 0 Å². The van der Waals surface area contributed by atoms with E-state index in [1.54, 1.807) is 21.3 Å². The number of rotatable bonds is 5. The predicted octanol–water partition coefficient (Wildman–Crippen LogP) is 5.76. The first-order valence-electron chi connectivity index (χ1n) is 11.6. The van der Waals surface area contributed by atoms with Crippen LogP contribution in [0.5, 0.6) is 17.2 Å². The molecule has 3 aromatic carbocycles. The van der Waals surface area contributed by atoms with Gasteiger partial charge in [-0.2, -0.15) is 5.10 Å². The van der Waals surface area contributed by atoms with Gasteiger partial charge in [0.25, 0.3) is 0 Å². The first-order chi connectivity index (χ1) is 17.2. The number of hydrogen-bond acceptors (Lipinski definition) is 6. The summed E-state index contributed by atoms with van der Waals surface area (Å²) >= 11 is 0. The summed E-state index contributed by atoms with van der Waals surface area (Å²) in [4.78, 5) is 4.75. The Labute approximate surface area is 227 Å². The third-order valence-electron chi connectivity index (χ3n) is 6.69. The van der Waals surface area contributed by atoms with Gasteiger partial charge in [0.2, 0.25) is 0 Å². The van der Waals surface area contributed by atoms with E-state index >= 15 is 0 Å². The number of methoxy groups -OCH3 is 3. The van der Waals surface area contributed by atoms with Gasteiger partial charge in [-0.1, -0.05) is 6.07 Å². The molecule has 0 unspecified atom stereocenters. The highest BCUT2D eigenvalue weighted by atomic mass is 35.5. The Morgan fingerprint density at radius 1 is 0.811 bits per heavy atom. The normalized spacial score (nSPS) is 12.4. The molecule has 0 saturated heterocycles. The molecule has 0 amide bonds. The van der Waals surface area contributed by atoms with Crippen molar-refractivity contribution in [3.63, 3.8) is 0 Å². The molecule has 3 heterocycles. The van der Waals surface area contributed by atoms with E-state index in [0.29, 0.717) is 11.5 Å². The van der Waals surface area contributed by atoms with Crippen molar-refractivity contribution in [3.8, 4) is 34.2 Å². The molecule has 192 valence electrons. The molecular formula is C28H28Cl2N4O3. The van der Waals surface area contributed by atoms with E-state index in [2.05, 4.69) is 23.5 Å².